The predicted molar refractivity (Wildman–Crippen MR) is 123 cm³/mol. The SMILES string of the molecule is O=C(N[C@@H]1CCCN(S(=O)(=O)c2ccccc2)C1)C1(c2ccc(Cl)cc2)CCCCC1. The van der Waals surface area contributed by atoms with Crippen LogP contribution in [0.3, 0.4) is 0 Å². The maximum Gasteiger partial charge on any atom is 0.243 e. The molecule has 1 atom stereocenters. The first-order valence-electron chi connectivity index (χ1n) is 11.0. The molecule has 0 radical (unpaired) electrons. The minimum Gasteiger partial charge on any atom is -0.351 e. The highest BCUT2D eigenvalue weighted by atomic mass is 35.5. The molecular weight excluding hydrogens is 432 g/mol. The Labute approximate surface area is 189 Å². The van der Waals surface area contributed by atoms with Gasteiger partial charge in [0.2, 0.25) is 15.9 Å². The van der Waals surface area contributed by atoms with Crippen molar-refractivity contribution in [3.05, 3.63) is 65.2 Å². The van der Waals surface area contributed by atoms with Crippen LogP contribution >= 0.6 is 11.6 Å². The zero-order valence-corrected chi connectivity index (χ0v) is 19.2. The number of carbonyl (C=O) groups is 1. The Hall–Kier alpha value is -1.89. The number of piperidine rings is 1. The summed E-state index contributed by atoms with van der Waals surface area (Å²) in [5, 5.41) is 3.87. The maximum absolute atomic E-state index is 13.6. The summed E-state index contributed by atoms with van der Waals surface area (Å²) in [6.07, 6.45) is 6.27. The average molecular weight is 461 g/mol. The number of hydrogen-bond acceptors (Lipinski definition) is 3. The van der Waals surface area contributed by atoms with Crippen molar-refractivity contribution in [3.8, 4) is 0 Å². The normalized spacial score (nSPS) is 22.0. The van der Waals surface area contributed by atoms with Crippen LogP contribution < -0.4 is 5.32 Å². The molecule has 1 aliphatic carbocycles. The quantitative estimate of drug-likeness (QED) is 0.713. The zero-order valence-electron chi connectivity index (χ0n) is 17.6. The van der Waals surface area contributed by atoms with E-state index < -0.39 is 15.4 Å². The molecule has 1 N–H and O–H groups in total. The fraction of sp³-hybridized carbons (Fsp3) is 0.458. The third-order valence-electron chi connectivity index (χ3n) is 6.64. The van der Waals surface area contributed by atoms with Crippen molar-refractivity contribution in [2.75, 3.05) is 13.1 Å². The molecule has 2 aliphatic rings. The Balaban J connectivity index is 1.52. The number of sulfonamides is 1. The van der Waals surface area contributed by atoms with Gasteiger partial charge in [-0.15, -0.1) is 0 Å². The summed E-state index contributed by atoms with van der Waals surface area (Å²) in [5.74, 6) is 0.0125. The summed E-state index contributed by atoms with van der Waals surface area (Å²) in [6.45, 7) is 0.783. The number of hydrogen-bond donors (Lipinski definition) is 1. The van der Waals surface area contributed by atoms with Crippen molar-refractivity contribution in [3.63, 3.8) is 0 Å². The van der Waals surface area contributed by atoms with Crippen LogP contribution in [-0.4, -0.2) is 37.8 Å². The Bertz CT molecular complexity index is 1000. The topological polar surface area (TPSA) is 66.5 Å². The highest BCUT2D eigenvalue weighted by Gasteiger charge is 2.42. The molecule has 0 bridgehead atoms. The monoisotopic (exact) mass is 460 g/mol. The Morgan fingerprint density at radius 1 is 0.968 bits per heavy atom. The van der Waals surface area contributed by atoms with Gasteiger partial charge in [-0.1, -0.05) is 61.2 Å². The number of amides is 1. The Kier molecular flexibility index (Phi) is 6.70. The van der Waals surface area contributed by atoms with E-state index >= 15 is 0 Å². The summed E-state index contributed by atoms with van der Waals surface area (Å²) in [5.41, 5.74) is 0.433. The second-order valence-corrected chi connectivity index (χ2v) is 11.0. The molecule has 1 saturated heterocycles. The van der Waals surface area contributed by atoms with E-state index in [-0.39, 0.29) is 11.9 Å². The minimum absolute atomic E-state index is 0.0125. The van der Waals surface area contributed by atoms with Crippen LogP contribution in [0.25, 0.3) is 0 Å². The zero-order chi connectivity index (χ0) is 21.9. The Morgan fingerprint density at radius 2 is 1.65 bits per heavy atom. The van der Waals surface area contributed by atoms with Crippen molar-refractivity contribution in [1.82, 2.24) is 9.62 Å². The van der Waals surface area contributed by atoms with E-state index in [2.05, 4.69) is 5.32 Å². The lowest BCUT2D eigenvalue weighted by atomic mass is 9.68. The van der Waals surface area contributed by atoms with Gasteiger partial charge >= 0.3 is 0 Å². The third-order valence-corrected chi connectivity index (χ3v) is 8.77. The first-order valence-corrected chi connectivity index (χ1v) is 12.9. The smallest absolute Gasteiger partial charge is 0.243 e. The van der Waals surface area contributed by atoms with Gasteiger partial charge < -0.3 is 5.32 Å². The van der Waals surface area contributed by atoms with E-state index in [0.717, 1.165) is 50.5 Å². The second kappa shape index (κ2) is 9.31. The highest BCUT2D eigenvalue weighted by molar-refractivity contribution is 7.89. The molecule has 1 heterocycles. The van der Waals surface area contributed by atoms with Crippen LogP contribution in [-0.2, 0) is 20.2 Å². The van der Waals surface area contributed by atoms with Crippen LogP contribution in [0.2, 0.25) is 5.02 Å². The number of rotatable bonds is 5. The van der Waals surface area contributed by atoms with Crippen molar-refractivity contribution in [2.45, 2.75) is 61.3 Å². The predicted octanol–water partition coefficient (Wildman–Crippen LogP) is 4.51. The van der Waals surface area contributed by atoms with E-state index in [1.165, 1.54) is 4.31 Å². The van der Waals surface area contributed by atoms with Gasteiger partial charge in [-0.2, -0.15) is 4.31 Å². The molecule has 2 fully saturated rings. The maximum atomic E-state index is 13.6. The van der Waals surface area contributed by atoms with Gasteiger partial charge in [-0.25, -0.2) is 8.42 Å². The molecule has 4 rings (SSSR count). The molecule has 0 aromatic heterocycles. The average Bonchev–Trinajstić information content (AvgIpc) is 2.80. The fourth-order valence-electron chi connectivity index (χ4n) is 4.91. The molecule has 31 heavy (non-hydrogen) atoms. The molecule has 0 unspecified atom stereocenters. The van der Waals surface area contributed by atoms with E-state index in [9.17, 15) is 13.2 Å². The first-order chi connectivity index (χ1) is 14.9. The van der Waals surface area contributed by atoms with Crippen LogP contribution in [0.15, 0.2) is 59.5 Å². The van der Waals surface area contributed by atoms with Gasteiger partial charge in [-0.3, -0.25) is 4.79 Å². The van der Waals surface area contributed by atoms with E-state index in [1.807, 2.05) is 24.3 Å². The van der Waals surface area contributed by atoms with Crippen LogP contribution in [0.4, 0.5) is 0 Å². The fourth-order valence-corrected chi connectivity index (χ4v) is 6.59. The first kappa shape index (κ1) is 22.3. The van der Waals surface area contributed by atoms with Crippen LogP contribution in [0, 0.1) is 0 Å². The van der Waals surface area contributed by atoms with Gasteiger partial charge in [0.25, 0.3) is 0 Å². The number of halogens is 1. The Morgan fingerprint density at radius 3 is 2.32 bits per heavy atom. The van der Waals surface area contributed by atoms with Gasteiger partial charge in [0.05, 0.1) is 10.3 Å². The van der Waals surface area contributed by atoms with Gasteiger partial charge in [0.1, 0.15) is 0 Å². The van der Waals surface area contributed by atoms with Crippen molar-refractivity contribution < 1.29 is 13.2 Å². The minimum atomic E-state index is -3.56. The number of nitrogens with zero attached hydrogens (tertiary/aromatic N) is 1. The summed E-state index contributed by atoms with van der Waals surface area (Å²) in [6, 6.07) is 15.9. The molecule has 1 aliphatic heterocycles. The summed E-state index contributed by atoms with van der Waals surface area (Å²) in [7, 11) is -3.56. The van der Waals surface area contributed by atoms with Gasteiger partial charge in [0, 0.05) is 24.2 Å². The van der Waals surface area contributed by atoms with E-state index in [0.29, 0.717) is 23.0 Å². The third kappa shape index (κ3) is 4.66. The second-order valence-electron chi connectivity index (χ2n) is 8.64. The van der Waals surface area contributed by atoms with E-state index in [4.69, 9.17) is 11.6 Å². The molecule has 2 aromatic rings. The molecule has 1 amide bonds. The molecule has 2 aromatic carbocycles. The standard InChI is InChI=1S/C24H29ClN2O3S/c25-20-13-11-19(12-14-20)24(15-5-2-6-16-24)23(28)26-21-8-7-17-27(18-21)31(29,30)22-9-3-1-4-10-22/h1,3-4,9-14,21H,2,5-8,15-18H2,(H,26,28)/t21-/m1/s1. The van der Waals surface area contributed by atoms with Gasteiger partial charge in [0.15, 0.2) is 0 Å². The lowest BCUT2D eigenvalue weighted by molar-refractivity contribution is -0.129. The molecule has 1 saturated carbocycles. The van der Waals surface area contributed by atoms with Crippen molar-refractivity contribution in [1.29, 1.82) is 0 Å². The van der Waals surface area contributed by atoms with E-state index in [1.54, 1.807) is 30.3 Å². The number of nitrogens with one attached hydrogen (secondary N) is 1. The van der Waals surface area contributed by atoms with Crippen molar-refractivity contribution >= 4 is 27.5 Å². The summed E-state index contributed by atoms with van der Waals surface area (Å²) in [4.78, 5) is 13.9. The van der Waals surface area contributed by atoms with Gasteiger partial charge in [-0.05, 0) is 55.5 Å². The lowest BCUT2D eigenvalue weighted by Gasteiger charge is -2.39. The number of carbonyl (C=O) groups excluding carboxylic acids is 1. The number of benzene rings is 2. The largest absolute Gasteiger partial charge is 0.351 e. The lowest BCUT2D eigenvalue weighted by Crippen LogP contribution is -2.54. The van der Waals surface area contributed by atoms with Crippen LogP contribution in [0.1, 0.15) is 50.5 Å². The highest BCUT2D eigenvalue weighted by Crippen LogP contribution is 2.40. The molecular formula is C24H29ClN2O3S. The summed E-state index contributed by atoms with van der Waals surface area (Å²) < 4.78 is 27.6. The summed E-state index contributed by atoms with van der Waals surface area (Å²) >= 11 is 6.08. The molecule has 0 spiro atoms. The van der Waals surface area contributed by atoms with Crippen molar-refractivity contribution in [2.24, 2.45) is 0 Å². The van der Waals surface area contributed by atoms with Crippen LogP contribution in [0.5, 0.6) is 0 Å². The molecule has 7 heteroatoms. The molecule has 5 nitrogen and oxygen atoms in total. The molecule has 166 valence electrons.